The molecule has 0 spiro atoms. The number of rotatable bonds is 7. The molecule has 0 aliphatic carbocycles. The molecule has 1 heterocycles. The van der Waals surface area contributed by atoms with Crippen molar-refractivity contribution < 1.29 is 0 Å². The molecule has 0 radical (unpaired) electrons. The van der Waals surface area contributed by atoms with Gasteiger partial charge in [0.2, 0.25) is 0 Å². The fraction of sp³-hybridized carbons (Fsp3) is 0.769. The maximum absolute atomic E-state index is 4.53. The first-order chi connectivity index (χ1) is 7.58. The van der Waals surface area contributed by atoms with E-state index in [2.05, 4.69) is 55.1 Å². The Bertz CT molecular complexity index is 289. The lowest BCUT2D eigenvalue weighted by Gasteiger charge is -2.06. The summed E-state index contributed by atoms with van der Waals surface area (Å²) in [5.74, 6) is 0.789. The number of hydrogen-bond donors (Lipinski definition) is 1. The van der Waals surface area contributed by atoms with Crippen molar-refractivity contribution in [1.82, 2.24) is 15.1 Å². The van der Waals surface area contributed by atoms with Gasteiger partial charge in [-0.15, -0.1) is 0 Å². The summed E-state index contributed by atoms with van der Waals surface area (Å²) in [6, 6.07) is 2.62. The first kappa shape index (κ1) is 13.2. The van der Waals surface area contributed by atoms with Crippen molar-refractivity contribution >= 4 is 0 Å². The van der Waals surface area contributed by atoms with Crippen LogP contribution in [0.5, 0.6) is 0 Å². The Labute approximate surface area is 99.2 Å². The highest BCUT2D eigenvalue weighted by atomic mass is 15.3. The molecule has 0 saturated heterocycles. The van der Waals surface area contributed by atoms with Crippen LogP contribution in [-0.2, 0) is 13.1 Å². The van der Waals surface area contributed by atoms with Gasteiger partial charge in [-0.2, -0.15) is 5.10 Å². The lowest BCUT2D eigenvalue weighted by molar-refractivity contribution is 0.484. The molecular formula is C13H25N3. The highest BCUT2D eigenvalue weighted by Gasteiger charge is 2.00. The molecule has 1 N–H and O–H groups in total. The first-order valence-corrected chi connectivity index (χ1v) is 6.33. The molecule has 0 aromatic carbocycles. The molecule has 0 bridgehead atoms. The second kappa shape index (κ2) is 6.69. The molecule has 0 saturated carbocycles. The Hall–Kier alpha value is -0.830. The molecule has 0 amide bonds. The molecule has 0 unspecified atom stereocenters. The SMILES string of the molecule is CC(C)CCCn1ccc(CNC(C)C)n1. The highest BCUT2D eigenvalue weighted by Crippen LogP contribution is 2.05. The van der Waals surface area contributed by atoms with Crippen LogP contribution >= 0.6 is 0 Å². The summed E-state index contributed by atoms with van der Waals surface area (Å²) in [5, 5.41) is 7.91. The van der Waals surface area contributed by atoms with Crippen LogP contribution in [0.2, 0.25) is 0 Å². The standard InChI is InChI=1S/C13H25N3/c1-11(2)6-5-8-16-9-7-13(15-16)10-14-12(3)4/h7,9,11-12,14H,5-6,8,10H2,1-4H3. The van der Waals surface area contributed by atoms with Gasteiger partial charge in [-0.3, -0.25) is 4.68 Å². The molecule has 3 heteroatoms. The lowest BCUT2D eigenvalue weighted by Crippen LogP contribution is -2.22. The summed E-state index contributed by atoms with van der Waals surface area (Å²) in [6.45, 7) is 10.7. The van der Waals surface area contributed by atoms with E-state index < -0.39 is 0 Å². The molecule has 0 aliphatic rings. The maximum Gasteiger partial charge on any atom is 0.0762 e. The van der Waals surface area contributed by atoms with Crippen LogP contribution in [-0.4, -0.2) is 15.8 Å². The van der Waals surface area contributed by atoms with Crippen LogP contribution < -0.4 is 5.32 Å². The molecule has 1 rings (SSSR count). The second-order valence-corrected chi connectivity index (χ2v) is 5.14. The molecule has 0 atom stereocenters. The number of nitrogens with one attached hydrogen (secondary N) is 1. The number of hydrogen-bond acceptors (Lipinski definition) is 2. The minimum absolute atomic E-state index is 0.520. The fourth-order valence-electron chi connectivity index (χ4n) is 1.59. The molecule has 3 nitrogen and oxygen atoms in total. The van der Waals surface area contributed by atoms with Crippen LogP contribution in [0.3, 0.4) is 0 Å². The summed E-state index contributed by atoms with van der Waals surface area (Å²) in [6.07, 6.45) is 4.58. The summed E-state index contributed by atoms with van der Waals surface area (Å²) >= 11 is 0. The normalized spacial score (nSPS) is 11.6. The van der Waals surface area contributed by atoms with Crippen molar-refractivity contribution in [2.24, 2.45) is 5.92 Å². The van der Waals surface area contributed by atoms with Crippen LogP contribution in [0.1, 0.15) is 46.2 Å². The summed E-state index contributed by atoms with van der Waals surface area (Å²) in [7, 11) is 0. The zero-order valence-electron chi connectivity index (χ0n) is 11.0. The van der Waals surface area contributed by atoms with Gasteiger partial charge in [-0.1, -0.05) is 27.7 Å². The Morgan fingerprint density at radius 3 is 2.69 bits per heavy atom. The van der Waals surface area contributed by atoms with Gasteiger partial charge in [0.15, 0.2) is 0 Å². The molecule has 92 valence electrons. The Morgan fingerprint density at radius 1 is 1.31 bits per heavy atom. The minimum Gasteiger partial charge on any atom is -0.309 e. The van der Waals surface area contributed by atoms with E-state index in [1.165, 1.54) is 12.8 Å². The number of aryl methyl sites for hydroxylation is 1. The van der Waals surface area contributed by atoms with Crippen molar-refractivity contribution in [3.63, 3.8) is 0 Å². The predicted molar refractivity (Wildman–Crippen MR) is 68.3 cm³/mol. The third kappa shape index (κ3) is 5.31. The second-order valence-electron chi connectivity index (χ2n) is 5.14. The van der Waals surface area contributed by atoms with Crippen molar-refractivity contribution in [2.75, 3.05) is 0 Å². The average molecular weight is 223 g/mol. The Kier molecular flexibility index (Phi) is 5.53. The monoisotopic (exact) mass is 223 g/mol. The van der Waals surface area contributed by atoms with Gasteiger partial charge in [-0.25, -0.2) is 0 Å². The van der Waals surface area contributed by atoms with E-state index in [0.29, 0.717) is 6.04 Å². The van der Waals surface area contributed by atoms with Crippen LogP contribution in [0.15, 0.2) is 12.3 Å². The Balaban J connectivity index is 2.28. The van der Waals surface area contributed by atoms with Crippen molar-refractivity contribution in [3.05, 3.63) is 18.0 Å². The fourth-order valence-corrected chi connectivity index (χ4v) is 1.59. The molecule has 1 aromatic heterocycles. The quantitative estimate of drug-likeness (QED) is 0.770. The van der Waals surface area contributed by atoms with Crippen LogP contribution in [0.4, 0.5) is 0 Å². The topological polar surface area (TPSA) is 29.9 Å². The summed E-state index contributed by atoms with van der Waals surface area (Å²) in [4.78, 5) is 0. The number of aromatic nitrogens is 2. The van der Waals surface area contributed by atoms with Crippen molar-refractivity contribution in [2.45, 2.75) is 59.7 Å². The largest absolute Gasteiger partial charge is 0.309 e. The van der Waals surface area contributed by atoms with Gasteiger partial charge in [0, 0.05) is 25.3 Å². The van der Waals surface area contributed by atoms with E-state index in [9.17, 15) is 0 Å². The molecular weight excluding hydrogens is 198 g/mol. The van der Waals surface area contributed by atoms with E-state index in [4.69, 9.17) is 0 Å². The van der Waals surface area contributed by atoms with E-state index >= 15 is 0 Å². The van der Waals surface area contributed by atoms with Gasteiger partial charge in [0.05, 0.1) is 5.69 Å². The summed E-state index contributed by atoms with van der Waals surface area (Å²) in [5.41, 5.74) is 1.14. The van der Waals surface area contributed by atoms with Gasteiger partial charge in [-0.05, 0) is 24.8 Å². The molecule has 0 aliphatic heterocycles. The van der Waals surface area contributed by atoms with Crippen LogP contribution in [0.25, 0.3) is 0 Å². The lowest BCUT2D eigenvalue weighted by atomic mass is 10.1. The number of nitrogens with zero attached hydrogens (tertiary/aromatic N) is 2. The van der Waals surface area contributed by atoms with E-state index in [-0.39, 0.29) is 0 Å². The molecule has 1 aromatic rings. The van der Waals surface area contributed by atoms with Crippen molar-refractivity contribution in [1.29, 1.82) is 0 Å². The summed E-state index contributed by atoms with van der Waals surface area (Å²) < 4.78 is 2.06. The van der Waals surface area contributed by atoms with Gasteiger partial charge < -0.3 is 5.32 Å². The van der Waals surface area contributed by atoms with E-state index in [1.54, 1.807) is 0 Å². The third-order valence-corrected chi connectivity index (χ3v) is 2.56. The maximum atomic E-state index is 4.53. The van der Waals surface area contributed by atoms with Gasteiger partial charge in [0.1, 0.15) is 0 Å². The average Bonchev–Trinajstić information content (AvgIpc) is 2.62. The van der Waals surface area contributed by atoms with E-state index in [1.807, 2.05) is 0 Å². The van der Waals surface area contributed by atoms with Gasteiger partial charge >= 0.3 is 0 Å². The highest BCUT2D eigenvalue weighted by molar-refractivity contribution is 4.98. The molecule has 0 fully saturated rings. The predicted octanol–water partition coefficient (Wildman–Crippen LogP) is 2.82. The van der Waals surface area contributed by atoms with E-state index in [0.717, 1.165) is 24.7 Å². The van der Waals surface area contributed by atoms with Crippen LogP contribution in [0, 0.1) is 5.92 Å². The van der Waals surface area contributed by atoms with Crippen molar-refractivity contribution in [3.8, 4) is 0 Å². The Morgan fingerprint density at radius 2 is 2.06 bits per heavy atom. The third-order valence-electron chi connectivity index (χ3n) is 2.56. The molecule has 16 heavy (non-hydrogen) atoms. The minimum atomic E-state index is 0.520. The zero-order chi connectivity index (χ0) is 12.0. The zero-order valence-corrected chi connectivity index (χ0v) is 11.0. The first-order valence-electron chi connectivity index (χ1n) is 6.33. The van der Waals surface area contributed by atoms with Gasteiger partial charge in [0.25, 0.3) is 0 Å². The smallest absolute Gasteiger partial charge is 0.0762 e.